The van der Waals surface area contributed by atoms with Gasteiger partial charge in [-0.2, -0.15) is 0 Å². The first-order valence-electron chi connectivity index (χ1n) is 7.45. The van der Waals surface area contributed by atoms with Gasteiger partial charge in [0.05, 0.1) is 25.4 Å². The Labute approximate surface area is 126 Å². The fourth-order valence-corrected chi connectivity index (χ4v) is 2.44. The molecule has 0 spiro atoms. The zero-order valence-corrected chi connectivity index (χ0v) is 13.5. The molecule has 0 fully saturated rings. The van der Waals surface area contributed by atoms with Gasteiger partial charge in [0.15, 0.2) is 0 Å². The SMILES string of the molecule is CC[NH+](CC)CCNc1[nH+]c(C)cc(COC)c1C(N)=O. The first-order chi connectivity index (χ1) is 10.0. The monoisotopic (exact) mass is 296 g/mol. The van der Waals surface area contributed by atoms with Crippen molar-refractivity contribution in [3.63, 3.8) is 0 Å². The third-order valence-corrected chi connectivity index (χ3v) is 3.61. The van der Waals surface area contributed by atoms with E-state index in [0.29, 0.717) is 18.0 Å². The molecule has 1 amide bonds. The zero-order valence-electron chi connectivity index (χ0n) is 13.5. The van der Waals surface area contributed by atoms with E-state index >= 15 is 0 Å². The number of ether oxygens (including phenoxy) is 1. The first kappa shape index (κ1) is 17.4. The van der Waals surface area contributed by atoms with E-state index in [9.17, 15) is 4.79 Å². The molecule has 1 rings (SSSR count). The molecule has 1 heterocycles. The van der Waals surface area contributed by atoms with Crippen molar-refractivity contribution in [1.29, 1.82) is 0 Å². The largest absolute Gasteiger partial charge is 0.380 e. The van der Waals surface area contributed by atoms with Crippen LogP contribution in [0.4, 0.5) is 5.82 Å². The predicted molar refractivity (Wildman–Crippen MR) is 82.4 cm³/mol. The van der Waals surface area contributed by atoms with Crippen LogP contribution in [0.3, 0.4) is 0 Å². The number of carbonyl (C=O) groups excluding carboxylic acids is 1. The summed E-state index contributed by atoms with van der Waals surface area (Å²) in [5.41, 5.74) is 7.77. The van der Waals surface area contributed by atoms with Crippen LogP contribution in [0, 0.1) is 6.92 Å². The normalized spacial score (nSPS) is 10.9. The maximum absolute atomic E-state index is 11.7. The molecule has 0 aliphatic rings. The minimum Gasteiger partial charge on any atom is -0.380 e. The second-order valence-electron chi connectivity index (χ2n) is 5.16. The van der Waals surface area contributed by atoms with E-state index in [0.717, 1.165) is 37.4 Å². The first-order valence-corrected chi connectivity index (χ1v) is 7.45. The molecule has 6 nitrogen and oxygen atoms in total. The van der Waals surface area contributed by atoms with Gasteiger partial charge >= 0.3 is 0 Å². The Morgan fingerprint density at radius 2 is 2.10 bits per heavy atom. The smallest absolute Gasteiger partial charge is 0.286 e. The third kappa shape index (κ3) is 4.99. The average Bonchev–Trinajstić information content (AvgIpc) is 2.43. The second kappa shape index (κ2) is 8.59. The van der Waals surface area contributed by atoms with E-state index in [-0.39, 0.29) is 0 Å². The minimum absolute atomic E-state index is 0.365. The number of aromatic nitrogens is 1. The highest BCUT2D eigenvalue weighted by atomic mass is 16.5. The standard InChI is InChI=1S/C15H26N4O2/c1-5-19(6-2)8-7-17-15-13(14(16)20)12(10-21-4)9-11(3)18-15/h9H,5-8,10H2,1-4H3,(H2,16,20)(H,17,18)/p+2. The summed E-state index contributed by atoms with van der Waals surface area (Å²) < 4.78 is 5.15. The van der Waals surface area contributed by atoms with E-state index < -0.39 is 5.91 Å². The Morgan fingerprint density at radius 3 is 2.62 bits per heavy atom. The van der Waals surface area contributed by atoms with Gasteiger partial charge in [0, 0.05) is 12.7 Å². The lowest BCUT2D eigenvalue weighted by Gasteiger charge is -2.14. The molecule has 21 heavy (non-hydrogen) atoms. The van der Waals surface area contributed by atoms with E-state index in [1.807, 2.05) is 13.0 Å². The maximum atomic E-state index is 11.7. The molecule has 0 radical (unpaired) electrons. The number of hydrogen-bond acceptors (Lipinski definition) is 3. The number of H-pyrrole nitrogens is 1. The number of nitrogens with one attached hydrogen (secondary N) is 3. The summed E-state index contributed by atoms with van der Waals surface area (Å²) in [5.74, 6) is 0.233. The van der Waals surface area contributed by atoms with Crippen molar-refractivity contribution in [1.82, 2.24) is 0 Å². The van der Waals surface area contributed by atoms with Crippen LogP contribution in [0.5, 0.6) is 0 Å². The summed E-state index contributed by atoms with van der Waals surface area (Å²) in [6.07, 6.45) is 0. The lowest BCUT2D eigenvalue weighted by atomic mass is 10.1. The Kier molecular flexibility index (Phi) is 7.11. The van der Waals surface area contributed by atoms with Crippen molar-refractivity contribution in [2.24, 2.45) is 5.73 Å². The van der Waals surface area contributed by atoms with E-state index in [2.05, 4.69) is 24.1 Å². The van der Waals surface area contributed by atoms with E-state index in [1.165, 1.54) is 4.90 Å². The number of anilines is 1. The number of primary amides is 1. The molecule has 0 aliphatic heterocycles. The quantitative estimate of drug-likeness (QED) is 0.568. The van der Waals surface area contributed by atoms with Crippen LogP contribution in [0.15, 0.2) is 6.07 Å². The summed E-state index contributed by atoms with van der Waals surface area (Å²) in [7, 11) is 1.60. The molecule has 0 unspecified atom stereocenters. The topological polar surface area (TPSA) is 82.9 Å². The molecule has 6 heteroatoms. The third-order valence-electron chi connectivity index (χ3n) is 3.61. The molecule has 0 saturated carbocycles. The number of likely N-dealkylation sites (N-methyl/N-ethyl adjacent to an activating group) is 1. The number of hydrogen-bond donors (Lipinski definition) is 3. The van der Waals surface area contributed by atoms with Gasteiger partial charge in [0.25, 0.3) is 11.7 Å². The molecule has 5 N–H and O–H groups in total. The van der Waals surface area contributed by atoms with Crippen molar-refractivity contribution in [3.8, 4) is 0 Å². The van der Waals surface area contributed by atoms with Crippen molar-refractivity contribution in [2.45, 2.75) is 27.4 Å². The van der Waals surface area contributed by atoms with Gasteiger partial charge in [-0.25, -0.2) is 4.98 Å². The molecular formula is C15H28N4O2+2. The molecule has 1 aromatic rings. The molecule has 1 aromatic heterocycles. The number of carbonyl (C=O) groups is 1. The van der Waals surface area contributed by atoms with E-state index in [1.54, 1.807) is 7.11 Å². The molecule has 0 bridgehead atoms. The van der Waals surface area contributed by atoms with Gasteiger partial charge < -0.3 is 15.4 Å². The number of rotatable bonds is 9. The van der Waals surface area contributed by atoms with Gasteiger partial charge in [0.2, 0.25) is 0 Å². The molecule has 118 valence electrons. The summed E-state index contributed by atoms with van der Waals surface area (Å²) in [5, 5.41) is 3.30. The number of aromatic amines is 1. The van der Waals surface area contributed by atoms with Crippen molar-refractivity contribution < 1.29 is 19.4 Å². The number of pyridine rings is 1. The Bertz CT molecular complexity index is 473. The van der Waals surface area contributed by atoms with Crippen LogP contribution < -0.4 is 20.9 Å². The lowest BCUT2D eigenvalue weighted by Crippen LogP contribution is -3.12. The number of aryl methyl sites for hydroxylation is 1. The molecule has 0 aromatic carbocycles. The van der Waals surface area contributed by atoms with Crippen LogP contribution in [0.1, 0.15) is 35.5 Å². The fourth-order valence-electron chi connectivity index (χ4n) is 2.44. The number of amides is 1. The van der Waals surface area contributed by atoms with Crippen LogP contribution in [-0.2, 0) is 11.3 Å². The van der Waals surface area contributed by atoms with Gasteiger partial charge in [-0.05, 0) is 26.8 Å². The molecule has 0 aliphatic carbocycles. The summed E-state index contributed by atoms with van der Waals surface area (Å²) in [4.78, 5) is 16.4. The zero-order chi connectivity index (χ0) is 15.8. The van der Waals surface area contributed by atoms with Gasteiger partial charge in [-0.3, -0.25) is 10.1 Å². The summed E-state index contributed by atoms with van der Waals surface area (Å²) >= 11 is 0. The molecular weight excluding hydrogens is 268 g/mol. The summed E-state index contributed by atoms with van der Waals surface area (Å²) in [6.45, 7) is 10.6. The summed E-state index contributed by atoms with van der Waals surface area (Å²) in [6, 6.07) is 1.89. The van der Waals surface area contributed by atoms with Gasteiger partial charge in [-0.1, -0.05) is 0 Å². The maximum Gasteiger partial charge on any atom is 0.286 e. The average molecular weight is 296 g/mol. The highest BCUT2D eigenvalue weighted by molar-refractivity contribution is 5.98. The highest BCUT2D eigenvalue weighted by Crippen LogP contribution is 2.16. The van der Waals surface area contributed by atoms with Crippen molar-refractivity contribution >= 4 is 11.7 Å². The Balaban J connectivity index is 2.91. The Hall–Kier alpha value is -1.66. The van der Waals surface area contributed by atoms with E-state index in [4.69, 9.17) is 10.5 Å². The second-order valence-corrected chi connectivity index (χ2v) is 5.16. The number of nitrogens with two attached hydrogens (primary N) is 1. The molecule has 0 saturated heterocycles. The molecule has 0 atom stereocenters. The highest BCUT2D eigenvalue weighted by Gasteiger charge is 2.21. The van der Waals surface area contributed by atoms with Gasteiger partial charge in [0.1, 0.15) is 18.7 Å². The fraction of sp³-hybridized carbons (Fsp3) is 0.600. The van der Waals surface area contributed by atoms with Crippen LogP contribution >= 0.6 is 0 Å². The van der Waals surface area contributed by atoms with Crippen molar-refractivity contribution in [3.05, 3.63) is 22.9 Å². The minimum atomic E-state index is -0.448. The van der Waals surface area contributed by atoms with Crippen LogP contribution in [-0.4, -0.2) is 39.2 Å². The number of methoxy groups -OCH3 is 1. The van der Waals surface area contributed by atoms with Crippen LogP contribution in [0.2, 0.25) is 0 Å². The lowest BCUT2D eigenvalue weighted by molar-refractivity contribution is -0.894. The number of quaternary nitrogens is 1. The Morgan fingerprint density at radius 1 is 1.43 bits per heavy atom. The van der Waals surface area contributed by atoms with Gasteiger partial charge in [-0.15, -0.1) is 0 Å². The van der Waals surface area contributed by atoms with Crippen LogP contribution in [0.25, 0.3) is 0 Å². The predicted octanol–water partition coefficient (Wildman–Crippen LogP) is -0.609. The van der Waals surface area contributed by atoms with Crippen molar-refractivity contribution in [2.75, 3.05) is 38.6 Å².